The second-order valence-corrected chi connectivity index (χ2v) is 8.50. The molecule has 1 amide bonds. The lowest BCUT2D eigenvalue weighted by Gasteiger charge is -2.52. The van der Waals surface area contributed by atoms with Gasteiger partial charge < -0.3 is 19.9 Å². The summed E-state index contributed by atoms with van der Waals surface area (Å²) in [5.41, 5.74) is 1.42. The number of nitrogens with zero attached hydrogens (tertiary/aromatic N) is 1. The van der Waals surface area contributed by atoms with E-state index in [1.54, 1.807) is 12.1 Å². The average molecular weight is 514 g/mol. The van der Waals surface area contributed by atoms with Crippen molar-refractivity contribution in [3.63, 3.8) is 0 Å². The number of rotatable bonds is 8. The molecule has 1 aromatic carbocycles. The normalized spacial score (nSPS) is 17.8. The number of alkyl halides is 6. The van der Waals surface area contributed by atoms with Gasteiger partial charge in [-0.25, -0.2) is 22.8 Å². The minimum Gasteiger partial charge on any atom is -0.488 e. The van der Waals surface area contributed by atoms with Crippen molar-refractivity contribution in [2.45, 2.75) is 50.9 Å². The van der Waals surface area contributed by atoms with Gasteiger partial charge in [-0.1, -0.05) is 12.1 Å². The van der Waals surface area contributed by atoms with Crippen LogP contribution in [0.1, 0.15) is 31.2 Å². The molecule has 2 aliphatic rings. The third kappa shape index (κ3) is 9.82. The van der Waals surface area contributed by atoms with Crippen LogP contribution < -0.4 is 10.1 Å². The number of piperidine rings is 1. The van der Waals surface area contributed by atoms with Gasteiger partial charge in [-0.15, -0.1) is 0 Å². The van der Waals surface area contributed by atoms with E-state index in [2.05, 4.69) is 10.2 Å². The Labute approximate surface area is 198 Å². The number of benzene rings is 1. The molecule has 1 saturated carbocycles. The van der Waals surface area contributed by atoms with Gasteiger partial charge in [0, 0.05) is 12.6 Å². The fourth-order valence-electron chi connectivity index (χ4n) is 4.13. The predicted molar refractivity (Wildman–Crippen MR) is 112 cm³/mol. The van der Waals surface area contributed by atoms with Gasteiger partial charge in [0.1, 0.15) is 25.6 Å². The van der Waals surface area contributed by atoms with E-state index in [9.17, 15) is 31.1 Å². The third-order valence-electron chi connectivity index (χ3n) is 5.86. The van der Waals surface area contributed by atoms with E-state index in [0.717, 1.165) is 50.9 Å². The van der Waals surface area contributed by atoms with E-state index in [0.29, 0.717) is 11.2 Å². The van der Waals surface area contributed by atoms with Crippen LogP contribution in [0.2, 0.25) is 0 Å². The molecule has 13 heteroatoms. The van der Waals surface area contributed by atoms with Crippen molar-refractivity contribution < 1.29 is 50.5 Å². The maximum absolute atomic E-state index is 12.2. The van der Waals surface area contributed by atoms with E-state index in [4.69, 9.17) is 19.4 Å². The number of likely N-dealkylation sites (tertiary alicyclic amines) is 1. The summed E-state index contributed by atoms with van der Waals surface area (Å²) in [6.07, 6.45) is -4.03. The van der Waals surface area contributed by atoms with Crippen LogP contribution in [0.15, 0.2) is 24.3 Å². The van der Waals surface area contributed by atoms with Gasteiger partial charge in [0.25, 0.3) is 6.43 Å². The molecule has 0 atom stereocenters. The Hall–Kier alpha value is -2.70. The van der Waals surface area contributed by atoms with Crippen LogP contribution in [0.25, 0.3) is 0 Å². The molecular formula is C22H28F6N2O5. The second kappa shape index (κ2) is 12.8. The number of aliphatic carboxylic acids is 1. The molecule has 1 spiro atoms. The number of alkyl carbamates (subject to hydrolysis) is 1. The maximum atomic E-state index is 12.2. The summed E-state index contributed by atoms with van der Waals surface area (Å²) >= 11 is 0. The standard InChI is InChI=1S/C20H27F3N2O3.C2HF3O2/c21-7-10-27-19(26)24-16-11-20(12-16)5-8-25(9-6-20)13-15-1-3-17(4-2-15)28-14-18(22)23;3-2(4,5)1(6)7/h1-4,16,18H,5-14H2,(H,24,26);(H,6,7). The van der Waals surface area contributed by atoms with Crippen molar-refractivity contribution in [3.8, 4) is 5.75 Å². The smallest absolute Gasteiger partial charge is 0.488 e. The Morgan fingerprint density at radius 3 is 2.20 bits per heavy atom. The van der Waals surface area contributed by atoms with Crippen LogP contribution >= 0.6 is 0 Å². The highest BCUT2D eigenvalue weighted by Gasteiger charge is 2.46. The van der Waals surface area contributed by atoms with Gasteiger partial charge in [0.05, 0.1) is 0 Å². The number of carboxylic acids is 1. The average Bonchev–Trinajstić information content (AvgIpc) is 2.77. The van der Waals surface area contributed by atoms with Gasteiger partial charge in [-0.2, -0.15) is 13.2 Å². The number of halogens is 6. The molecule has 0 bridgehead atoms. The molecule has 198 valence electrons. The molecule has 1 heterocycles. The fourth-order valence-corrected chi connectivity index (χ4v) is 4.13. The zero-order valence-electron chi connectivity index (χ0n) is 18.8. The van der Waals surface area contributed by atoms with Crippen molar-refractivity contribution in [3.05, 3.63) is 29.8 Å². The maximum Gasteiger partial charge on any atom is 0.490 e. The highest BCUT2D eigenvalue weighted by molar-refractivity contribution is 5.73. The number of hydrogen-bond donors (Lipinski definition) is 2. The summed E-state index contributed by atoms with van der Waals surface area (Å²) in [7, 11) is 0. The summed E-state index contributed by atoms with van der Waals surface area (Å²) in [6.45, 7) is 1.35. The number of carbonyl (C=O) groups excluding carboxylic acids is 1. The molecule has 0 aromatic heterocycles. The van der Waals surface area contributed by atoms with E-state index < -0.39 is 37.9 Å². The first-order valence-corrected chi connectivity index (χ1v) is 10.9. The minimum absolute atomic E-state index is 0.124. The van der Waals surface area contributed by atoms with E-state index in [1.165, 1.54) is 0 Å². The molecule has 0 radical (unpaired) electrons. The van der Waals surface area contributed by atoms with Crippen molar-refractivity contribution in [1.82, 2.24) is 10.2 Å². The molecule has 1 aliphatic carbocycles. The monoisotopic (exact) mass is 514 g/mol. The Morgan fingerprint density at radius 2 is 1.71 bits per heavy atom. The van der Waals surface area contributed by atoms with Crippen molar-refractivity contribution in [2.24, 2.45) is 5.41 Å². The lowest BCUT2D eigenvalue weighted by molar-refractivity contribution is -0.192. The molecule has 2 N–H and O–H groups in total. The van der Waals surface area contributed by atoms with Crippen LogP contribution in [0.3, 0.4) is 0 Å². The van der Waals surface area contributed by atoms with Crippen molar-refractivity contribution >= 4 is 12.1 Å². The largest absolute Gasteiger partial charge is 0.490 e. The van der Waals surface area contributed by atoms with Crippen molar-refractivity contribution in [1.29, 1.82) is 0 Å². The lowest BCUT2D eigenvalue weighted by Crippen LogP contribution is -2.54. The van der Waals surface area contributed by atoms with Gasteiger partial charge in [-0.05, 0) is 61.9 Å². The summed E-state index contributed by atoms with van der Waals surface area (Å²) in [5.74, 6) is -2.30. The SMILES string of the molecule is O=C(NC1CC2(CCN(Cc3ccc(OCC(F)F)cc3)CC2)C1)OCCF.O=C(O)C(F)(F)F. The summed E-state index contributed by atoms with van der Waals surface area (Å²) in [4.78, 5) is 22.8. The van der Waals surface area contributed by atoms with Crippen LogP contribution in [-0.4, -0.2) is 73.7 Å². The second-order valence-electron chi connectivity index (χ2n) is 8.50. The number of hydrogen-bond acceptors (Lipinski definition) is 5. The van der Waals surface area contributed by atoms with Crippen LogP contribution in [-0.2, 0) is 16.1 Å². The number of ether oxygens (including phenoxy) is 2. The first-order chi connectivity index (χ1) is 16.4. The first-order valence-electron chi connectivity index (χ1n) is 10.9. The third-order valence-corrected chi connectivity index (χ3v) is 5.86. The lowest BCUT2D eigenvalue weighted by atomic mass is 9.60. The number of carboxylic acid groups (broad SMARTS) is 1. The van der Waals surface area contributed by atoms with E-state index >= 15 is 0 Å². The molecule has 2 fully saturated rings. The summed E-state index contributed by atoms with van der Waals surface area (Å²) in [5, 5.41) is 9.92. The Kier molecular flexibility index (Phi) is 10.5. The fraction of sp³-hybridized carbons (Fsp3) is 0.636. The molecule has 7 nitrogen and oxygen atoms in total. The molecule has 35 heavy (non-hydrogen) atoms. The summed E-state index contributed by atoms with van der Waals surface area (Å²) < 4.78 is 77.8. The van der Waals surface area contributed by atoms with Gasteiger partial charge >= 0.3 is 18.2 Å². The molecule has 0 unspecified atom stereocenters. The molecule has 3 rings (SSSR count). The highest BCUT2D eigenvalue weighted by atomic mass is 19.4. The molecule has 1 aliphatic heterocycles. The minimum atomic E-state index is -5.08. The van der Waals surface area contributed by atoms with E-state index in [1.807, 2.05) is 12.1 Å². The number of amides is 1. The van der Waals surface area contributed by atoms with E-state index in [-0.39, 0.29) is 12.6 Å². The van der Waals surface area contributed by atoms with Crippen molar-refractivity contribution in [2.75, 3.05) is 33.0 Å². The Bertz CT molecular complexity index is 806. The van der Waals surface area contributed by atoms with Gasteiger partial charge in [-0.3, -0.25) is 4.90 Å². The topological polar surface area (TPSA) is 88.1 Å². The quantitative estimate of drug-likeness (QED) is 0.500. The van der Waals surface area contributed by atoms with Gasteiger partial charge in [0.2, 0.25) is 0 Å². The zero-order valence-corrected chi connectivity index (χ0v) is 18.8. The Balaban J connectivity index is 0.000000540. The number of nitrogens with one attached hydrogen (secondary N) is 1. The first kappa shape index (κ1) is 28.5. The molecule has 1 aromatic rings. The van der Waals surface area contributed by atoms with Crippen LogP contribution in [0, 0.1) is 5.41 Å². The summed E-state index contributed by atoms with van der Waals surface area (Å²) in [6, 6.07) is 7.41. The molecule has 1 saturated heterocycles. The van der Waals surface area contributed by atoms with Gasteiger partial charge in [0.15, 0.2) is 0 Å². The Morgan fingerprint density at radius 1 is 1.14 bits per heavy atom. The van der Waals surface area contributed by atoms with Crippen LogP contribution in [0.5, 0.6) is 5.75 Å². The highest BCUT2D eigenvalue weighted by Crippen LogP contribution is 2.49. The zero-order chi connectivity index (χ0) is 26.1. The predicted octanol–water partition coefficient (Wildman–Crippen LogP) is 4.40. The number of carbonyl (C=O) groups is 2. The van der Waals surface area contributed by atoms with Crippen LogP contribution in [0.4, 0.5) is 31.1 Å². The molecular weight excluding hydrogens is 486 g/mol.